The van der Waals surface area contributed by atoms with E-state index in [9.17, 15) is 4.79 Å². The minimum atomic E-state index is -0.191. The van der Waals surface area contributed by atoms with Crippen molar-refractivity contribution in [2.24, 2.45) is 9.98 Å². The summed E-state index contributed by atoms with van der Waals surface area (Å²) < 4.78 is 0. The topological polar surface area (TPSA) is 67.6 Å². The van der Waals surface area contributed by atoms with Crippen LogP contribution in [0.4, 0.5) is 0 Å². The predicted octanol–water partition coefficient (Wildman–Crippen LogP) is 0.224. The van der Waals surface area contributed by atoms with Crippen molar-refractivity contribution in [1.82, 2.24) is 9.97 Å². The Morgan fingerprint density at radius 3 is 3.00 bits per heavy atom. The normalized spacial score (nSPS) is 15.7. The van der Waals surface area contributed by atoms with E-state index in [2.05, 4.69) is 20.0 Å². The van der Waals surface area contributed by atoms with Gasteiger partial charge in [-0.3, -0.25) is 4.79 Å². The third kappa shape index (κ3) is 1.64. The molecule has 64 valence electrons. The molecular formula is C8H6N4O. The average Bonchev–Trinajstić information content (AvgIpc) is 2.19. The lowest BCUT2D eigenvalue weighted by atomic mass is 10.3. The Balaban J connectivity index is 2.37. The van der Waals surface area contributed by atoms with Gasteiger partial charge >= 0.3 is 0 Å². The molecule has 1 aliphatic rings. The second-order valence-electron chi connectivity index (χ2n) is 2.44. The van der Waals surface area contributed by atoms with E-state index in [4.69, 9.17) is 0 Å². The molecule has 13 heavy (non-hydrogen) atoms. The van der Waals surface area contributed by atoms with Gasteiger partial charge in [0.25, 0.3) is 5.91 Å². The molecule has 0 unspecified atom stereocenters. The van der Waals surface area contributed by atoms with Crippen molar-refractivity contribution in [3.8, 4) is 0 Å². The Bertz CT molecular complexity index is 382. The molecule has 2 heterocycles. The van der Waals surface area contributed by atoms with Crippen LogP contribution in [0.3, 0.4) is 0 Å². The molecule has 1 aromatic rings. The molecule has 1 amide bonds. The van der Waals surface area contributed by atoms with E-state index < -0.39 is 0 Å². The molecule has 0 spiro atoms. The molecule has 0 N–H and O–H groups in total. The third-order valence-corrected chi connectivity index (χ3v) is 1.52. The number of rotatable bonds is 1. The molecular weight excluding hydrogens is 168 g/mol. The van der Waals surface area contributed by atoms with Crippen molar-refractivity contribution < 1.29 is 4.79 Å². The van der Waals surface area contributed by atoms with Gasteiger partial charge in [-0.15, -0.1) is 0 Å². The number of carbonyl (C=O) groups is 1. The average molecular weight is 174 g/mol. The van der Waals surface area contributed by atoms with Crippen LogP contribution in [0.5, 0.6) is 0 Å². The van der Waals surface area contributed by atoms with E-state index in [0.717, 1.165) is 0 Å². The van der Waals surface area contributed by atoms with Crippen LogP contribution in [0.2, 0.25) is 0 Å². The van der Waals surface area contributed by atoms with E-state index in [-0.39, 0.29) is 12.3 Å². The monoisotopic (exact) mass is 174 g/mol. The summed E-state index contributed by atoms with van der Waals surface area (Å²) in [5.74, 6) is 0.169. The summed E-state index contributed by atoms with van der Waals surface area (Å²) in [6.45, 7) is 0. The highest BCUT2D eigenvalue weighted by Gasteiger charge is 2.09. The Morgan fingerprint density at radius 2 is 2.31 bits per heavy atom. The number of carbonyl (C=O) groups excluding carboxylic acids is 1. The second-order valence-corrected chi connectivity index (χ2v) is 2.44. The molecule has 5 nitrogen and oxygen atoms in total. The highest BCUT2D eigenvalue weighted by Crippen LogP contribution is 2.01. The first-order valence-corrected chi connectivity index (χ1v) is 3.77. The van der Waals surface area contributed by atoms with Gasteiger partial charge in [0.2, 0.25) is 0 Å². The van der Waals surface area contributed by atoms with E-state index in [1.54, 1.807) is 12.3 Å². The van der Waals surface area contributed by atoms with E-state index in [1.165, 1.54) is 12.5 Å². The van der Waals surface area contributed by atoms with Gasteiger partial charge in [-0.05, 0) is 6.07 Å². The van der Waals surface area contributed by atoms with E-state index in [0.29, 0.717) is 11.5 Å². The molecule has 0 bridgehead atoms. The van der Waals surface area contributed by atoms with Crippen LogP contribution in [-0.2, 0) is 4.79 Å². The first kappa shape index (κ1) is 7.72. The maximum Gasteiger partial charge on any atom is 0.253 e. The largest absolute Gasteiger partial charge is 0.272 e. The summed E-state index contributed by atoms with van der Waals surface area (Å²) in [4.78, 5) is 26.3. The van der Waals surface area contributed by atoms with Gasteiger partial charge in [-0.25, -0.2) is 15.0 Å². The smallest absolute Gasteiger partial charge is 0.253 e. The minimum absolute atomic E-state index is 0.191. The van der Waals surface area contributed by atoms with Crippen LogP contribution in [0.25, 0.3) is 0 Å². The maximum absolute atomic E-state index is 10.9. The molecule has 0 aromatic carbocycles. The second kappa shape index (κ2) is 3.22. The SMILES string of the molecule is O=C1CC=NC(c2ccncn2)=N1. The molecule has 0 radical (unpaired) electrons. The highest BCUT2D eigenvalue weighted by molar-refractivity contribution is 6.12. The molecule has 0 aliphatic carbocycles. The van der Waals surface area contributed by atoms with Crippen LogP contribution in [0.1, 0.15) is 12.1 Å². The zero-order valence-corrected chi connectivity index (χ0v) is 6.71. The molecule has 0 saturated heterocycles. The van der Waals surface area contributed by atoms with Gasteiger partial charge in [0.15, 0.2) is 5.84 Å². The summed E-state index contributed by atoms with van der Waals surface area (Å²) in [6, 6.07) is 1.66. The third-order valence-electron chi connectivity index (χ3n) is 1.52. The first-order valence-electron chi connectivity index (χ1n) is 3.77. The number of hydrogen-bond donors (Lipinski definition) is 0. The van der Waals surface area contributed by atoms with Gasteiger partial charge in [-0.2, -0.15) is 4.99 Å². The molecule has 5 heteroatoms. The van der Waals surface area contributed by atoms with E-state index >= 15 is 0 Å². The fourth-order valence-corrected chi connectivity index (χ4v) is 0.949. The van der Waals surface area contributed by atoms with Crippen molar-refractivity contribution in [3.63, 3.8) is 0 Å². The number of amides is 1. The minimum Gasteiger partial charge on any atom is -0.272 e. The van der Waals surface area contributed by atoms with Crippen molar-refractivity contribution in [3.05, 3.63) is 24.3 Å². The van der Waals surface area contributed by atoms with Crippen LogP contribution >= 0.6 is 0 Å². The number of amidine groups is 1. The summed E-state index contributed by atoms with van der Waals surface area (Å²) in [7, 11) is 0. The quantitative estimate of drug-likeness (QED) is 0.611. The molecule has 0 fully saturated rings. The van der Waals surface area contributed by atoms with E-state index in [1.807, 2.05) is 0 Å². The molecule has 0 atom stereocenters. The maximum atomic E-state index is 10.9. The Kier molecular flexibility index (Phi) is 1.91. The molecule has 1 aromatic heterocycles. The number of aromatic nitrogens is 2. The van der Waals surface area contributed by atoms with Crippen molar-refractivity contribution in [2.75, 3.05) is 0 Å². The van der Waals surface area contributed by atoms with Crippen LogP contribution in [0.15, 0.2) is 28.6 Å². The summed E-state index contributed by atoms with van der Waals surface area (Å²) in [5.41, 5.74) is 0.569. The summed E-state index contributed by atoms with van der Waals surface area (Å²) in [6.07, 6.45) is 4.78. The van der Waals surface area contributed by atoms with Crippen LogP contribution in [-0.4, -0.2) is 27.9 Å². The van der Waals surface area contributed by atoms with Crippen molar-refractivity contribution >= 4 is 18.0 Å². The lowest BCUT2D eigenvalue weighted by Gasteiger charge is -2.01. The lowest BCUT2D eigenvalue weighted by Crippen LogP contribution is -2.10. The lowest BCUT2D eigenvalue weighted by molar-refractivity contribution is -0.116. The van der Waals surface area contributed by atoms with Gasteiger partial charge < -0.3 is 0 Å². The predicted molar refractivity (Wildman–Crippen MR) is 46.7 cm³/mol. The summed E-state index contributed by atoms with van der Waals surface area (Å²) in [5, 5.41) is 0. The Labute approximate surface area is 74.3 Å². The van der Waals surface area contributed by atoms with Gasteiger partial charge in [-0.1, -0.05) is 0 Å². The fraction of sp³-hybridized carbons (Fsp3) is 0.125. The zero-order valence-electron chi connectivity index (χ0n) is 6.71. The Hall–Kier alpha value is -1.91. The van der Waals surface area contributed by atoms with Crippen LogP contribution in [0, 0.1) is 0 Å². The number of hydrogen-bond acceptors (Lipinski definition) is 4. The van der Waals surface area contributed by atoms with Crippen LogP contribution < -0.4 is 0 Å². The Morgan fingerprint density at radius 1 is 1.38 bits per heavy atom. The number of aliphatic imine (C=N–C) groups is 2. The number of nitrogens with zero attached hydrogens (tertiary/aromatic N) is 4. The zero-order chi connectivity index (χ0) is 9.10. The highest BCUT2D eigenvalue weighted by atomic mass is 16.1. The van der Waals surface area contributed by atoms with Crippen molar-refractivity contribution in [2.45, 2.75) is 6.42 Å². The van der Waals surface area contributed by atoms with Crippen molar-refractivity contribution in [1.29, 1.82) is 0 Å². The fourth-order valence-electron chi connectivity index (χ4n) is 0.949. The molecule has 1 aliphatic heterocycles. The van der Waals surface area contributed by atoms with Gasteiger partial charge in [0.05, 0.1) is 6.42 Å². The first-order chi connectivity index (χ1) is 6.36. The molecule has 2 rings (SSSR count). The molecule has 0 saturated carbocycles. The van der Waals surface area contributed by atoms with Gasteiger partial charge in [0, 0.05) is 12.4 Å². The summed E-state index contributed by atoms with van der Waals surface area (Å²) >= 11 is 0. The standard InChI is InChI=1S/C8H6N4O/c13-7-2-4-10-8(12-7)6-1-3-9-5-11-6/h1,3-5H,2H2. The van der Waals surface area contributed by atoms with Gasteiger partial charge in [0.1, 0.15) is 12.0 Å².